The topological polar surface area (TPSA) is 97.8 Å². The molecule has 3 aromatic rings. The van der Waals surface area contributed by atoms with Gasteiger partial charge in [0.15, 0.2) is 0 Å². The van der Waals surface area contributed by atoms with Crippen LogP contribution in [-0.2, 0) is 6.54 Å². The number of benzene rings is 2. The summed E-state index contributed by atoms with van der Waals surface area (Å²) in [6.07, 6.45) is 4.72. The molecule has 2 aliphatic heterocycles. The highest BCUT2D eigenvalue weighted by atomic mass is 32.2. The normalized spacial score (nSPS) is 20.4. The van der Waals surface area contributed by atoms with Gasteiger partial charge in [0.05, 0.1) is 47.2 Å². The summed E-state index contributed by atoms with van der Waals surface area (Å²) >= 11 is 1.65. The number of carbonyl (C=O) groups excluding carboxylic acids is 2. The van der Waals surface area contributed by atoms with E-state index in [1.165, 1.54) is 17.7 Å². The Hall–Kier alpha value is -3.10. The lowest BCUT2D eigenvalue weighted by Crippen LogP contribution is -2.29. The van der Waals surface area contributed by atoms with Crippen LogP contribution in [0.3, 0.4) is 0 Å². The monoisotopic (exact) mass is 474 g/mol. The van der Waals surface area contributed by atoms with Crippen molar-refractivity contribution in [3.63, 3.8) is 0 Å². The molecule has 1 fully saturated rings. The number of H-pyrrole nitrogens is 1. The number of rotatable bonds is 6. The van der Waals surface area contributed by atoms with E-state index < -0.39 is 0 Å². The first-order valence-electron chi connectivity index (χ1n) is 11.8. The van der Waals surface area contributed by atoms with Gasteiger partial charge in [-0.25, -0.2) is 0 Å². The Labute approximate surface area is 201 Å². The van der Waals surface area contributed by atoms with E-state index in [1.54, 1.807) is 36.0 Å². The zero-order valence-corrected chi connectivity index (χ0v) is 19.5. The molecule has 6 rings (SSSR count). The van der Waals surface area contributed by atoms with Crippen LogP contribution < -0.4 is 5.32 Å². The van der Waals surface area contributed by atoms with Crippen LogP contribution in [0.4, 0.5) is 5.69 Å². The number of aromatic nitrogens is 1. The minimum absolute atomic E-state index is 0.0512. The first kappa shape index (κ1) is 21.4. The number of hydrogen-bond acceptors (Lipinski definition) is 6. The van der Waals surface area contributed by atoms with Gasteiger partial charge in [0.25, 0.3) is 11.8 Å². The third-order valence-corrected chi connectivity index (χ3v) is 8.03. The Kier molecular flexibility index (Phi) is 5.42. The van der Waals surface area contributed by atoms with Crippen molar-refractivity contribution in [3.05, 3.63) is 64.8 Å². The van der Waals surface area contributed by atoms with E-state index in [2.05, 4.69) is 27.4 Å². The maximum absolute atomic E-state index is 12.9. The molecule has 1 aliphatic carbocycles. The van der Waals surface area contributed by atoms with E-state index >= 15 is 0 Å². The molecule has 0 bridgehead atoms. The van der Waals surface area contributed by atoms with Crippen molar-refractivity contribution in [1.29, 1.82) is 0 Å². The summed E-state index contributed by atoms with van der Waals surface area (Å²) in [7, 11) is 0. The standard InChI is InChI=1S/C26H26N4O3S/c31-13-18-14-34-24(28-18)22-11-16-9-15(10-21(23(16)29-22)27-17-5-1-2-6-17)12-30-25(32)19-7-3-4-8-20(19)26(30)33/h3-4,7-11,17-18,27,29,31H,1-2,5-6,12-14H2. The second-order valence-electron chi connectivity index (χ2n) is 9.24. The third-order valence-electron chi connectivity index (χ3n) is 6.88. The molecule has 0 spiro atoms. The van der Waals surface area contributed by atoms with Gasteiger partial charge in [-0.2, -0.15) is 0 Å². The lowest BCUT2D eigenvalue weighted by molar-refractivity contribution is 0.0642. The number of aromatic amines is 1. The van der Waals surface area contributed by atoms with Gasteiger partial charge in [0, 0.05) is 17.2 Å². The van der Waals surface area contributed by atoms with E-state index in [1.807, 2.05) is 6.07 Å². The van der Waals surface area contributed by atoms with Crippen LogP contribution in [0.25, 0.3) is 10.9 Å². The van der Waals surface area contributed by atoms with Crippen LogP contribution in [0.2, 0.25) is 0 Å². The summed E-state index contributed by atoms with van der Waals surface area (Å²) in [5.41, 5.74) is 4.77. The van der Waals surface area contributed by atoms with Crippen molar-refractivity contribution in [2.24, 2.45) is 4.99 Å². The minimum atomic E-state index is -0.243. The Balaban J connectivity index is 1.36. The molecule has 0 saturated heterocycles. The van der Waals surface area contributed by atoms with Crippen molar-refractivity contribution in [2.45, 2.75) is 44.3 Å². The zero-order valence-electron chi connectivity index (χ0n) is 18.7. The van der Waals surface area contributed by atoms with Crippen LogP contribution in [0.15, 0.2) is 47.5 Å². The number of carbonyl (C=O) groups is 2. The van der Waals surface area contributed by atoms with Gasteiger partial charge in [0.1, 0.15) is 5.04 Å². The Morgan fingerprint density at radius 3 is 2.50 bits per heavy atom. The van der Waals surface area contributed by atoms with Crippen molar-refractivity contribution in [1.82, 2.24) is 9.88 Å². The number of anilines is 1. The molecule has 7 nitrogen and oxygen atoms in total. The first-order valence-corrected chi connectivity index (χ1v) is 12.8. The van der Waals surface area contributed by atoms with Gasteiger partial charge in [-0.05, 0) is 48.7 Å². The molecular weight excluding hydrogens is 448 g/mol. The largest absolute Gasteiger partial charge is 0.394 e. The Morgan fingerprint density at radius 2 is 1.82 bits per heavy atom. The molecule has 2 aromatic carbocycles. The summed E-state index contributed by atoms with van der Waals surface area (Å²) in [6, 6.07) is 13.5. The van der Waals surface area contributed by atoms with Gasteiger partial charge in [-0.15, -0.1) is 11.8 Å². The highest BCUT2D eigenvalue weighted by Gasteiger charge is 2.35. The fourth-order valence-corrected chi connectivity index (χ4v) is 6.16. The number of imide groups is 1. The number of hydrogen-bond donors (Lipinski definition) is 3. The molecule has 3 aliphatic rings. The summed E-state index contributed by atoms with van der Waals surface area (Å²) < 4.78 is 0. The van der Waals surface area contributed by atoms with E-state index in [4.69, 9.17) is 0 Å². The molecule has 3 N–H and O–H groups in total. The van der Waals surface area contributed by atoms with E-state index in [0.717, 1.165) is 51.5 Å². The van der Waals surface area contributed by atoms with E-state index in [0.29, 0.717) is 17.2 Å². The summed E-state index contributed by atoms with van der Waals surface area (Å²) in [5, 5.41) is 15.1. The van der Waals surface area contributed by atoms with Gasteiger partial charge in [-0.3, -0.25) is 19.5 Å². The zero-order chi connectivity index (χ0) is 23.2. The summed E-state index contributed by atoms with van der Waals surface area (Å²) in [4.78, 5) is 35.3. The smallest absolute Gasteiger partial charge is 0.261 e. The number of thioether (sulfide) groups is 1. The van der Waals surface area contributed by atoms with Crippen molar-refractivity contribution in [3.8, 4) is 0 Å². The highest BCUT2D eigenvalue weighted by molar-refractivity contribution is 8.14. The first-order chi connectivity index (χ1) is 16.6. The van der Waals surface area contributed by atoms with Crippen molar-refractivity contribution < 1.29 is 14.7 Å². The number of nitrogens with zero attached hydrogens (tertiary/aromatic N) is 2. The average molecular weight is 475 g/mol. The molecule has 0 radical (unpaired) electrons. The quantitative estimate of drug-likeness (QED) is 0.466. The molecular formula is C26H26N4O3S. The molecule has 174 valence electrons. The van der Waals surface area contributed by atoms with Crippen molar-refractivity contribution in [2.75, 3.05) is 17.7 Å². The number of aliphatic imine (C=N–C) groups is 1. The van der Waals surface area contributed by atoms with Gasteiger partial charge >= 0.3 is 0 Å². The molecule has 1 saturated carbocycles. The molecule has 2 amide bonds. The molecule has 8 heteroatoms. The predicted molar refractivity (Wildman–Crippen MR) is 135 cm³/mol. The molecule has 34 heavy (non-hydrogen) atoms. The number of fused-ring (bicyclic) bond motifs is 2. The van der Waals surface area contributed by atoms with E-state index in [-0.39, 0.29) is 31.0 Å². The second-order valence-corrected chi connectivity index (χ2v) is 10.2. The number of nitrogens with one attached hydrogen (secondary N) is 2. The molecule has 3 heterocycles. The van der Waals surface area contributed by atoms with Gasteiger partial charge < -0.3 is 15.4 Å². The fraction of sp³-hybridized carbons (Fsp3) is 0.346. The average Bonchev–Trinajstić information content (AvgIpc) is 3.64. The van der Waals surface area contributed by atoms with Crippen LogP contribution >= 0.6 is 11.8 Å². The van der Waals surface area contributed by atoms with Crippen LogP contribution in [0, 0.1) is 0 Å². The molecule has 1 atom stereocenters. The number of aliphatic hydroxyl groups is 1. The lowest BCUT2D eigenvalue weighted by atomic mass is 10.1. The van der Waals surface area contributed by atoms with Crippen LogP contribution in [0.5, 0.6) is 0 Å². The predicted octanol–water partition coefficient (Wildman–Crippen LogP) is 4.17. The lowest BCUT2D eigenvalue weighted by Gasteiger charge is -2.18. The Bertz CT molecular complexity index is 1290. The Morgan fingerprint density at radius 1 is 1.09 bits per heavy atom. The molecule has 1 aromatic heterocycles. The SMILES string of the molecule is O=C1c2ccccc2C(=O)N1Cc1cc(NC2CCCC2)c2[nH]c(C3=NC(CO)CS3)cc2c1. The maximum Gasteiger partial charge on any atom is 0.261 e. The minimum Gasteiger partial charge on any atom is -0.394 e. The fourth-order valence-electron chi connectivity index (χ4n) is 5.14. The van der Waals surface area contributed by atoms with E-state index in [9.17, 15) is 14.7 Å². The number of aliphatic hydroxyl groups excluding tert-OH is 1. The second kappa shape index (κ2) is 8.60. The highest BCUT2D eigenvalue weighted by Crippen LogP contribution is 2.33. The van der Waals surface area contributed by atoms with Crippen molar-refractivity contribution >= 4 is 45.2 Å². The maximum atomic E-state index is 12.9. The van der Waals surface area contributed by atoms with Gasteiger partial charge in [-0.1, -0.05) is 25.0 Å². The van der Waals surface area contributed by atoms with Crippen LogP contribution in [-0.4, -0.2) is 56.3 Å². The summed E-state index contributed by atoms with van der Waals surface area (Å²) in [5.74, 6) is 0.291. The van der Waals surface area contributed by atoms with Crippen LogP contribution in [0.1, 0.15) is 57.7 Å². The number of amides is 2. The van der Waals surface area contributed by atoms with Gasteiger partial charge in [0.2, 0.25) is 0 Å². The third kappa shape index (κ3) is 3.71. The summed E-state index contributed by atoms with van der Waals surface area (Å²) in [6.45, 7) is 0.278. The molecule has 1 unspecified atom stereocenters.